The molecule has 0 saturated carbocycles. The highest BCUT2D eigenvalue weighted by atomic mass is 28.4. The zero-order valence-electron chi connectivity index (χ0n) is 17.7. The van der Waals surface area contributed by atoms with E-state index in [0.717, 1.165) is 6.92 Å². The minimum Gasteiger partial charge on any atom is -0.536 e. The first kappa shape index (κ1) is 28.9. The van der Waals surface area contributed by atoms with Crippen molar-refractivity contribution in [3.63, 3.8) is 0 Å². The number of allylic oxidation sites excluding steroid dienone is 1. The van der Waals surface area contributed by atoms with Gasteiger partial charge in [-0.05, 0) is 6.92 Å². The number of rotatable bonds is 5. The Balaban J connectivity index is 2.89. The van der Waals surface area contributed by atoms with Gasteiger partial charge < -0.3 is 4.43 Å². The molecule has 0 saturated heterocycles. The topological polar surface area (TPSA) is 9.23 Å². The van der Waals surface area contributed by atoms with Gasteiger partial charge in [0.25, 0.3) is 0 Å². The molecule has 0 amide bonds. The first-order valence-corrected chi connectivity index (χ1v) is 11.3. The van der Waals surface area contributed by atoms with Crippen molar-refractivity contribution in [2.24, 2.45) is 0 Å². The molecule has 0 heterocycles. The maximum absolute atomic E-state index is 15.0. The Labute approximate surface area is 201 Å². The molecule has 1 nitrogen and oxygen atoms in total. The molecule has 38 heavy (non-hydrogen) atoms. The van der Waals surface area contributed by atoms with Gasteiger partial charge in [0.15, 0.2) is 69.8 Å². The highest BCUT2D eigenvalue weighted by molar-refractivity contribution is 7.07. The van der Waals surface area contributed by atoms with Crippen molar-refractivity contribution in [1.29, 1.82) is 0 Å². The van der Waals surface area contributed by atoms with Crippen LogP contribution in [0.25, 0.3) is 0 Å². The van der Waals surface area contributed by atoms with Gasteiger partial charge in [-0.25, -0.2) is 65.9 Å². The van der Waals surface area contributed by atoms with E-state index in [1.807, 2.05) is 0 Å². The van der Waals surface area contributed by atoms with E-state index >= 15 is 0 Å². The fraction of sp³-hybridized carbons (Fsp3) is 0.0476. The van der Waals surface area contributed by atoms with Crippen molar-refractivity contribution in [3.8, 4) is 0 Å². The van der Waals surface area contributed by atoms with Gasteiger partial charge in [0.05, 0.1) is 21.8 Å². The Morgan fingerprint density at radius 2 is 0.553 bits per heavy atom. The number of hydrogen-bond donors (Lipinski definition) is 0. The van der Waals surface area contributed by atoms with Gasteiger partial charge in [0, 0.05) is 0 Å². The summed E-state index contributed by atoms with van der Waals surface area (Å²) in [5, 5.41) is -8.30. The largest absolute Gasteiger partial charge is 0.536 e. The van der Waals surface area contributed by atoms with Crippen LogP contribution in [-0.2, 0) is 4.43 Å². The number of halogens is 15. The number of benzene rings is 3. The molecule has 0 aromatic heterocycles. The Hall–Kier alpha value is -3.63. The van der Waals surface area contributed by atoms with Crippen LogP contribution in [0.5, 0.6) is 0 Å². The summed E-state index contributed by atoms with van der Waals surface area (Å²) in [6, 6.07) is 0. The lowest BCUT2D eigenvalue weighted by Crippen LogP contribution is -2.74. The highest BCUT2D eigenvalue weighted by Gasteiger charge is 2.59. The molecule has 0 fully saturated rings. The summed E-state index contributed by atoms with van der Waals surface area (Å²) in [7, 11) is -7.25. The average molecular weight is 586 g/mol. The lowest BCUT2D eigenvalue weighted by atomic mass is 10.3. The van der Waals surface area contributed by atoms with E-state index < -0.39 is 111 Å². The van der Waals surface area contributed by atoms with Gasteiger partial charge in [-0.15, -0.1) is 0 Å². The second-order valence-electron chi connectivity index (χ2n) is 7.10. The normalized spacial score (nSPS) is 12.1. The van der Waals surface area contributed by atoms with Crippen LogP contribution < -0.4 is 15.6 Å². The van der Waals surface area contributed by atoms with Crippen LogP contribution in [0.4, 0.5) is 65.9 Å². The van der Waals surface area contributed by atoms with Crippen molar-refractivity contribution >= 4 is 23.9 Å². The summed E-state index contributed by atoms with van der Waals surface area (Å²) >= 11 is 0. The maximum Gasteiger partial charge on any atom is 0.364 e. The van der Waals surface area contributed by atoms with E-state index in [-0.39, 0.29) is 6.26 Å². The van der Waals surface area contributed by atoms with E-state index in [1.165, 1.54) is 0 Å². The molecule has 0 spiro atoms. The van der Waals surface area contributed by atoms with E-state index in [4.69, 9.17) is 0 Å². The molecule has 0 radical (unpaired) electrons. The molecule has 3 aromatic carbocycles. The van der Waals surface area contributed by atoms with Gasteiger partial charge >= 0.3 is 8.32 Å². The molecule has 3 aromatic rings. The molecule has 0 aliphatic carbocycles. The Bertz CT molecular complexity index is 1260. The number of hydrogen-bond acceptors (Lipinski definition) is 1. The van der Waals surface area contributed by atoms with Gasteiger partial charge in [-0.2, -0.15) is 0 Å². The maximum atomic E-state index is 15.0. The summed E-state index contributed by atoms with van der Waals surface area (Å²) in [5.41, 5.74) is 0. The first-order valence-electron chi connectivity index (χ1n) is 9.44. The first-order chi connectivity index (χ1) is 17.6. The molecular weight excluding hydrogens is 581 g/mol. The van der Waals surface area contributed by atoms with Crippen LogP contribution in [0.2, 0.25) is 0 Å². The average Bonchev–Trinajstić information content (AvgIpc) is 2.89. The lowest BCUT2D eigenvalue weighted by Gasteiger charge is -2.33. The fourth-order valence-corrected chi connectivity index (χ4v) is 7.42. The van der Waals surface area contributed by atoms with Gasteiger partial charge in [0.1, 0.15) is 0 Å². The third-order valence-electron chi connectivity index (χ3n) is 5.07. The standard InChI is InChI=1S/C21H5F15OSi/c1-2-3-37-38(19-13(31)7(25)4(22)8(26)14(19)32,20-15(33)9(27)5(23)10(28)16(20)34)21-17(35)11(29)6(24)12(30)18(21)36/h2-3H,1H3/b3-2-. The summed E-state index contributed by atoms with van der Waals surface area (Å²) < 4.78 is 220. The van der Waals surface area contributed by atoms with Crippen molar-refractivity contribution in [3.05, 3.63) is 99.6 Å². The monoisotopic (exact) mass is 586 g/mol. The molecule has 3 rings (SSSR count). The molecule has 0 unspecified atom stereocenters. The summed E-state index contributed by atoms with van der Waals surface area (Å²) in [4.78, 5) is 0. The quantitative estimate of drug-likeness (QED) is 0.0987. The van der Waals surface area contributed by atoms with Gasteiger partial charge in [-0.1, -0.05) is 6.08 Å². The van der Waals surface area contributed by atoms with Crippen LogP contribution in [0, 0.1) is 87.3 Å². The third-order valence-corrected chi connectivity index (χ3v) is 8.99. The van der Waals surface area contributed by atoms with Crippen LogP contribution in [0.3, 0.4) is 0 Å². The molecule has 0 N–H and O–H groups in total. The second kappa shape index (κ2) is 9.92. The van der Waals surface area contributed by atoms with Crippen molar-refractivity contribution in [2.75, 3.05) is 0 Å². The predicted molar refractivity (Wildman–Crippen MR) is 99.3 cm³/mol. The van der Waals surface area contributed by atoms with Crippen LogP contribution in [0.1, 0.15) is 6.92 Å². The fourth-order valence-electron chi connectivity index (χ4n) is 3.46. The molecule has 0 aliphatic rings. The zero-order chi connectivity index (χ0) is 29.0. The van der Waals surface area contributed by atoms with Crippen molar-refractivity contribution in [2.45, 2.75) is 6.92 Å². The minimum absolute atomic E-state index is 0.0274. The Kier molecular flexibility index (Phi) is 7.55. The zero-order valence-corrected chi connectivity index (χ0v) is 18.7. The summed E-state index contributed by atoms with van der Waals surface area (Å²) in [6.45, 7) is 0.884. The van der Waals surface area contributed by atoms with Crippen LogP contribution in [-0.4, -0.2) is 8.32 Å². The van der Waals surface area contributed by atoms with Crippen LogP contribution >= 0.6 is 0 Å². The molecule has 17 heteroatoms. The Morgan fingerprint density at radius 3 is 0.737 bits per heavy atom. The third kappa shape index (κ3) is 3.81. The summed E-state index contributed by atoms with van der Waals surface area (Å²) in [5.74, 6) is -46.1. The van der Waals surface area contributed by atoms with E-state index in [0.29, 0.717) is 6.08 Å². The van der Waals surface area contributed by atoms with Crippen LogP contribution in [0.15, 0.2) is 12.3 Å². The van der Waals surface area contributed by atoms with Gasteiger partial charge in [-0.3, -0.25) is 0 Å². The van der Waals surface area contributed by atoms with E-state index in [9.17, 15) is 65.9 Å². The SMILES string of the molecule is C/C=C\O[Si](c1c(F)c(F)c(F)c(F)c1F)(c1c(F)c(F)c(F)c(F)c1F)c1c(F)c(F)c(F)c(F)c1F. The predicted octanol–water partition coefficient (Wildman–Crippen LogP) is 5.29. The lowest BCUT2D eigenvalue weighted by molar-refractivity contribution is 0.371. The molecule has 0 atom stereocenters. The van der Waals surface area contributed by atoms with E-state index in [2.05, 4.69) is 4.43 Å². The molecule has 0 aliphatic heterocycles. The highest BCUT2D eigenvalue weighted by Crippen LogP contribution is 2.28. The molecular formula is C21H5F15OSi. The Morgan fingerprint density at radius 1 is 0.368 bits per heavy atom. The van der Waals surface area contributed by atoms with E-state index in [1.54, 1.807) is 0 Å². The summed E-state index contributed by atoms with van der Waals surface area (Å²) in [6.07, 6.45) is 0.520. The smallest absolute Gasteiger partial charge is 0.364 e. The van der Waals surface area contributed by atoms with Crippen molar-refractivity contribution < 1.29 is 70.3 Å². The minimum atomic E-state index is -7.25. The van der Waals surface area contributed by atoms with Gasteiger partial charge in [0.2, 0.25) is 17.5 Å². The molecule has 0 bridgehead atoms. The second-order valence-corrected chi connectivity index (χ2v) is 10.2. The molecule has 204 valence electrons. The van der Waals surface area contributed by atoms with Crippen molar-refractivity contribution in [1.82, 2.24) is 0 Å².